The summed E-state index contributed by atoms with van der Waals surface area (Å²) in [6.07, 6.45) is 69.1. The van der Waals surface area contributed by atoms with Crippen LogP contribution in [0.15, 0.2) is 259 Å². The Balaban J connectivity index is 0.000000283. The first-order valence-electron chi connectivity index (χ1n) is 44.4. The van der Waals surface area contributed by atoms with Crippen LogP contribution in [0.4, 0.5) is 0 Å². The standard InChI is InChI=1S/C28H41NO2.C27H41NO2.C27H37NO.C27H39NO/c1-21(14-15-24-23(3)13-9-16-27(24,4)5)11-8-12-22(2)19-26(31)29(7)20-25(30)28(6)17-10-18-28;1-20(15-16-23-22(3)14-11-17-27(23,7)8)12-10-13-21(2)18-25(30)28(9)19-24(29)26(4,5)6;1-20(12-13-24-22(3)11-8-14-26(24,5)6)9-7-10-21(2)17-25(29)28-18-23(4)27(19-28)15-16-27;1-20(14-15-24-22(3)13-10-16-26(24,5)6)11-9-12-21(2)17-25(29)28-18-23(4)27(7,8)19-28/h8,11-12,14-15,19H,9-10,13,16-18,20H2,1-7H3;10,12-13,15-16,18H,11,14,17,19H2,1-9H3;7,9-10,12-13,17H,4,8,11,14-16,18-19H2,1-3,5-6H3;9,11-12,14-15,17H,4,10,13,16,18-19H2,1-3,5-8H3/b12-8+,15-14+,21-11-,22-19+;13-10+,16-15+,20-12-,21-18+;10-7+,13-12+,20-9-,21-17+;12-9+,15-14+,20-11-,21-17+. The van der Waals surface area contributed by atoms with Crippen molar-refractivity contribution in [1.29, 1.82) is 0 Å². The summed E-state index contributed by atoms with van der Waals surface area (Å²) in [5.74, 6) is 0.129. The molecule has 650 valence electrons. The number of amides is 4. The van der Waals surface area contributed by atoms with Crippen LogP contribution in [0.2, 0.25) is 0 Å². The Labute approximate surface area is 724 Å². The van der Waals surface area contributed by atoms with Crippen molar-refractivity contribution in [2.24, 2.45) is 43.3 Å². The number of rotatable bonds is 25. The third-order valence-corrected chi connectivity index (χ3v) is 26.0. The second-order valence-corrected chi connectivity index (χ2v) is 40.9. The van der Waals surface area contributed by atoms with Gasteiger partial charge < -0.3 is 19.6 Å². The molecule has 10 nitrogen and oxygen atoms in total. The lowest BCUT2D eigenvalue weighted by molar-refractivity contribution is -0.137. The van der Waals surface area contributed by atoms with Gasteiger partial charge in [0.2, 0.25) is 23.6 Å². The molecule has 2 heterocycles. The highest BCUT2D eigenvalue weighted by molar-refractivity contribution is 5.95. The number of hydrogen-bond donors (Lipinski definition) is 0. The van der Waals surface area contributed by atoms with Gasteiger partial charge in [0.15, 0.2) is 11.6 Å². The zero-order valence-electron chi connectivity index (χ0n) is 79.8. The van der Waals surface area contributed by atoms with Crippen molar-refractivity contribution in [1.82, 2.24) is 19.6 Å². The first-order chi connectivity index (χ1) is 55.2. The summed E-state index contributed by atoms with van der Waals surface area (Å²) in [5.41, 5.74) is 23.4. The molecule has 2 aliphatic heterocycles. The number of carbonyl (C=O) groups excluding carboxylic acids is 6. The molecule has 2 saturated heterocycles. The predicted octanol–water partition coefficient (Wildman–Crippen LogP) is 27.0. The summed E-state index contributed by atoms with van der Waals surface area (Å²) in [7, 11) is 3.37. The molecule has 0 bridgehead atoms. The van der Waals surface area contributed by atoms with Crippen LogP contribution in [0, 0.1) is 43.3 Å². The lowest BCUT2D eigenvalue weighted by atomic mass is 9.67. The molecule has 1 spiro atoms. The molecule has 4 fully saturated rings. The minimum absolute atomic E-state index is 0.0140. The van der Waals surface area contributed by atoms with E-state index in [2.05, 4.69) is 211 Å². The lowest BCUT2D eigenvalue weighted by Gasteiger charge is -2.37. The molecule has 119 heavy (non-hydrogen) atoms. The van der Waals surface area contributed by atoms with Crippen molar-refractivity contribution in [3.8, 4) is 0 Å². The van der Waals surface area contributed by atoms with E-state index in [1.54, 1.807) is 38.4 Å². The van der Waals surface area contributed by atoms with Gasteiger partial charge in [0.1, 0.15) is 0 Å². The summed E-state index contributed by atoms with van der Waals surface area (Å²) in [5, 5.41) is 0. The van der Waals surface area contributed by atoms with Crippen molar-refractivity contribution in [2.75, 3.05) is 53.4 Å². The third-order valence-electron chi connectivity index (χ3n) is 26.0. The molecule has 0 unspecified atom stereocenters. The van der Waals surface area contributed by atoms with Gasteiger partial charge in [-0.15, -0.1) is 0 Å². The minimum atomic E-state index is -0.440. The molecule has 4 amide bonds. The molecular formula is C109H158N4O6. The van der Waals surface area contributed by atoms with E-state index in [0.717, 1.165) is 66.8 Å². The molecule has 0 radical (unpaired) electrons. The second-order valence-electron chi connectivity index (χ2n) is 40.9. The summed E-state index contributed by atoms with van der Waals surface area (Å²) in [4.78, 5) is 81.1. The van der Waals surface area contributed by atoms with E-state index >= 15 is 0 Å². The van der Waals surface area contributed by atoms with Gasteiger partial charge in [0, 0.05) is 86.2 Å². The fraction of sp³-hybridized carbons (Fsp3) is 0.541. The largest absolute Gasteiger partial charge is 0.335 e. The quantitative estimate of drug-likeness (QED) is 0.0511. The van der Waals surface area contributed by atoms with Gasteiger partial charge in [-0.25, -0.2) is 0 Å². The molecule has 8 rings (SSSR count). The third kappa shape index (κ3) is 32.1. The van der Waals surface area contributed by atoms with E-state index in [4.69, 9.17) is 0 Å². The molecule has 8 aliphatic rings. The number of nitrogens with zero attached hydrogens (tertiary/aromatic N) is 4. The number of allylic oxidation sites excluding steroid dienone is 36. The minimum Gasteiger partial charge on any atom is -0.335 e. The molecule has 0 aromatic heterocycles. The summed E-state index contributed by atoms with van der Waals surface area (Å²) in [6.45, 7) is 67.4. The maximum atomic E-state index is 12.5. The lowest BCUT2D eigenvalue weighted by Crippen LogP contribution is -2.42. The maximum absolute atomic E-state index is 12.5. The maximum Gasteiger partial charge on any atom is 0.247 e. The van der Waals surface area contributed by atoms with Gasteiger partial charge in [-0.2, -0.15) is 0 Å². The Hall–Kier alpha value is -8.50. The number of carbonyl (C=O) groups is 6. The highest BCUT2D eigenvalue weighted by Gasteiger charge is 2.51. The number of ketones is 2. The summed E-state index contributed by atoms with van der Waals surface area (Å²) >= 11 is 0. The Morgan fingerprint density at radius 3 is 0.924 bits per heavy atom. The van der Waals surface area contributed by atoms with Crippen molar-refractivity contribution >= 4 is 35.2 Å². The van der Waals surface area contributed by atoms with Crippen LogP contribution in [0.3, 0.4) is 0 Å². The van der Waals surface area contributed by atoms with E-state index in [9.17, 15) is 28.8 Å². The van der Waals surface area contributed by atoms with Crippen LogP contribution in [-0.4, -0.2) is 108 Å². The van der Waals surface area contributed by atoms with Crippen LogP contribution in [-0.2, 0) is 28.8 Å². The van der Waals surface area contributed by atoms with Gasteiger partial charge in [-0.3, -0.25) is 28.8 Å². The number of likely N-dealkylation sites (tertiary alicyclic amines) is 2. The second kappa shape index (κ2) is 44.3. The number of Topliss-reactive ketones (excluding diaryl/α,β-unsaturated/α-hetero) is 2. The normalized spacial score (nSPS) is 21.8. The van der Waals surface area contributed by atoms with Gasteiger partial charge in [-0.1, -0.05) is 294 Å². The molecule has 0 atom stereocenters. The Morgan fingerprint density at radius 1 is 0.370 bits per heavy atom. The van der Waals surface area contributed by atoms with E-state index < -0.39 is 5.41 Å². The predicted molar refractivity (Wildman–Crippen MR) is 508 cm³/mol. The molecule has 0 N–H and O–H groups in total. The fourth-order valence-corrected chi connectivity index (χ4v) is 16.9. The highest BCUT2D eigenvalue weighted by atomic mass is 16.2. The van der Waals surface area contributed by atoms with Gasteiger partial charge >= 0.3 is 0 Å². The SMILES string of the molecule is C=C1CN(C(=O)/C=C(C)/C=C/C=C(C)\C=C\C2=C(C)CCCC2(C)C)CC1(C)C.C=C1CN(C(=O)/C=C(C)/C=C/C=C(C)\C=C\C2=C(C)CCCC2(C)C)CC12CC2.CC1=C(/C=C/C(C)=C\C=C\C(C)=C\C(=O)N(C)CC(=O)C(C)(C)C)C(C)(C)CCC1.CC1=C(/C=C/C(C)=C\C=C\C(C)=C\C(=O)N(C)CC(=O)C2(C)CCC2)C(C)(C)CCC1. The Morgan fingerprint density at radius 2 is 0.664 bits per heavy atom. The molecule has 0 aromatic rings. The Bertz CT molecular complexity index is 4280. The van der Waals surface area contributed by atoms with E-state index in [-0.39, 0.29) is 86.2 Å². The number of likely N-dealkylation sites (N-methyl/N-ethyl adjacent to an activating group) is 2. The molecular weight excluding hydrogens is 1460 g/mol. The monoisotopic (exact) mass is 1620 g/mol. The molecule has 10 heteroatoms. The van der Waals surface area contributed by atoms with Crippen LogP contribution >= 0.6 is 0 Å². The summed E-state index contributed by atoms with van der Waals surface area (Å²) < 4.78 is 0. The number of hydrogen-bond acceptors (Lipinski definition) is 6. The average Bonchev–Trinajstić information content (AvgIpc) is 1.59. The fourth-order valence-electron chi connectivity index (χ4n) is 16.9. The average molecular weight is 1620 g/mol. The first kappa shape index (κ1) is 101. The molecule has 0 aromatic carbocycles. The first-order valence-corrected chi connectivity index (χ1v) is 44.4. The van der Waals surface area contributed by atoms with Crippen molar-refractivity contribution in [3.05, 3.63) is 259 Å². The zero-order valence-corrected chi connectivity index (χ0v) is 79.8. The van der Waals surface area contributed by atoms with Crippen LogP contribution in [0.25, 0.3) is 0 Å². The topological polar surface area (TPSA) is 115 Å². The van der Waals surface area contributed by atoms with Gasteiger partial charge in [0.05, 0.1) is 13.1 Å². The van der Waals surface area contributed by atoms with Gasteiger partial charge in [-0.05, 0) is 252 Å². The van der Waals surface area contributed by atoms with Gasteiger partial charge in [0.25, 0.3) is 0 Å². The van der Waals surface area contributed by atoms with Crippen molar-refractivity contribution < 1.29 is 28.8 Å². The summed E-state index contributed by atoms with van der Waals surface area (Å²) in [6, 6.07) is 0. The van der Waals surface area contributed by atoms with Crippen molar-refractivity contribution in [2.45, 2.75) is 289 Å². The van der Waals surface area contributed by atoms with E-state index in [0.29, 0.717) is 6.54 Å². The molecule has 6 aliphatic carbocycles. The highest BCUT2D eigenvalue weighted by Crippen LogP contribution is 2.55. The molecule has 2 saturated carbocycles. The van der Waals surface area contributed by atoms with E-state index in [1.807, 2.05) is 114 Å². The smallest absolute Gasteiger partial charge is 0.247 e. The Kier molecular flexibility index (Phi) is 37.7. The van der Waals surface area contributed by atoms with E-state index in [1.165, 1.54) is 172 Å². The van der Waals surface area contributed by atoms with Crippen molar-refractivity contribution in [3.63, 3.8) is 0 Å². The van der Waals surface area contributed by atoms with Crippen LogP contribution in [0.1, 0.15) is 289 Å². The van der Waals surface area contributed by atoms with Crippen LogP contribution < -0.4 is 0 Å². The zero-order chi connectivity index (χ0) is 89.4. The van der Waals surface area contributed by atoms with Crippen LogP contribution in [0.5, 0.6) is 0 Å².